The average Bonchev–Trinajstić information content (AvgIpc) is 3.46. The van der Waals surface area contributed by atoms with Crippen LogP contribution in [0.25, 0.3) is 5.69 Å². The first-order valence-electron chi connectivity index (χ1n) is 10.7. The fourth-order valence-electron chi connectivity index (χ4n) is 3.95. The number of rotatable bonds is 5. The van der Waals surface area contributed by atoms with Crippen LogP contribution in [0, 0.1) is 17.7 Å². The van der Waals surface area contributed by atoms with Crippen molar-refractivity contribution in [1.82, 2.24) is 14.8 Å². The molecule has 7 nitrogen and oxygen atoms in total. The molecule has 2 N–H and O–H groups in total. The third-order valence-corrected chi connectivity index (χ3v) is 7.00. The van der Waals surface area contributed by atoms with E-state index in [9.17, 15) is 31.9 Å². The Bertz CT molecular complexity index is 1340. The van der Waals surface area contributed by atoms with Gasteiger partial charge in [-0.1, -0.05) is 17.7 Å². The van der Waals surface area contributed by atoms with Crippen molar-refractivity contribution < 1.29 is 27.2 Å². The first-order valence-corrected chi connectivity index (χ1v) is 11.9. The van der Waals surface area contributed by atoms with Crippen LogP contribution in [0.3, 0.4) is 0 Å². The van der Waals surface area contributed by atoms with Crippen molar-refractivity contribution >= 4 is 40.6 Å². The molecule has 1 fully saturated rings. The predicted octanol–water partition coefficient (Wildman–Crippen LogP) is 4.76. The number of aromatic nitrogens is 1. The van der Waals surface area contributed by atoms with Gasteiger partial charge in [-0.05, 0) is 30.3 Å². The van der Waals surface area contributed by atoms with E-state index in [1.165, 1.54) is 47.2 Å². The van der Waals surface area contributed by atoms with Gasteiger partial charge in [-0.25, -0.2) is 9.18 Å². The van der Waals surface area contributed by atoms with Crippen molar-refractivity contribution in [3.8, 4) is 5.69 Å². The summed E-state index contributed by atoms with van der Waals surface area (Å²) in [6, 6.07) is 10.1. The molecule has 3 aromatic rings. The molecule has 3 heterocycles. The predicted molar refractivity (Wildman–Crippen MR) is 127 cm³/mol. The maximum atomic E-state index is 14.6. The van der Waals surface area contributed by atoms with E-state index in [1.54, 1.807) is 6.07 Å². The molecule has 13 heteroatoms. The number of carbonyl (C=O) groups excluding carboxylic acids is 2. The van der Waals surface area contributed by atoms with E-state index in [4.69, 9.17) is 11.6 Å². The number of urea groups is 1. The number of hydrogen-bond donors (Lipinski definition) is 2. The molecule has 2 aromatic heterocycles. The third kappa shape index (κ3) is 5.71. The molecule has 0 saturated carbocycles. The van der Waals surface area contributed by atoms with Crippen LogP contribution in [-0.2, 0) is 0 Å². The lowest BCUT2D eigenvalue weighted by Crippen LogP contribution is -2.37. The second kappa shape index (κ2) is 10.3. The summed E-state index contributed by atoms with van der Waals surface area (Å²) in [5.74, 6) is -4.38. The Hall–Kier alpha value is -3.38. The molecular formula is C23H19ClF4N4O3S. The van der Waals surface area contributed by atoms with E-state index in [1.807, 2.05) is 0 Å². The summed E-state index contributed by atoms with van der Waals surface area (Å²) in [4.78, 5) is 38.0. The molecular weight excluding hydrogens is 524 g/mol. The molecule has 3 amide bonds. The highest BCUT2D eigenvalue weighted by atomic mass is 35.5. The van der Waals surface area contributed by atoms with Crippen LogP contribution in [0.1, 0.15) is 9.67 Å². The third-order valence-electron chi connectivity index (χ3n) is 5.77. The number of pyridine rings is 1. The molecule has 1 aromatic carbocycles. The molecule has 36 heavy (non-hydrogen) atoms. The standard InChI is InChI=1S/C23H19ClF4N4O3S/c24-19-7-6-18(36-19)21(34)29-10-13-11-31(12-15(13)23(26,27)28)22(35)30-17-5-4-14(9-16(17)25)32-8-2-1-3-20(32)33/h1-9,13,15H,10-12H2,(H,29,34)(H,30,35)/t13-,15-/m1/s1. The molecule has 0 unspecified atom stereocenters. The summed E-state index contributed by atoms with van der Waals surface area (Å²) in [5.41, 5.74) is -0.413. The fourth-order valence-corrected chi connectivity index (χ4v) is 4.91. The lowest BCUT2D eigenvalue weighted by Gasteiger charge is -2.21. The minimum Gasteiger partial charge on any atom is -0.351 e. The maximum Gasteiger partial charge on any atom is 0.393 e. The molecule has 1 aliphatic heterocycles. The van der Waals surface area contributed by atoms with E-state index >= 15 is 0 Å². The number of amides is 3. The summed E-state index contributed by atoms with van der Waals surface area (Å²) in [7, 11) is 0. The van der Waals surface area contributed by atoms with Gasteiger partial charge in [0, 0.05) is 43.9 Å². The highest BCUT2D eigenvalue weighted by Gasteiger charge is 2.50. The van der Waals surface area contributed by atoms with Gasteiger partial charge in [0.1, 0.15) is 5.82 Å². The van der Waals surface area contributed by atoms with Gasteiger partial charge < -0.3 is 15.5 Å². The molecule has 0 radical (unpaired) electrons. The number of alkyl halides is 3. The molecule has 1 saturated heterocycles. The van der Waals surface area contributed by atoms with Crippen LogP contribution in [0.5, 0.6) is 0 Å². The van der Waals surface area contributed by atoms with Crippen molar-refractivity contribution in [2.75, 3.05) is 25.0 Å². The second-order valence-corrected chi connectivity index (χ2v) is 9.85. The van der Waals surface area contributed by atoms with Gasteiger partial charge in [-0.2, -0.15) is 13.2 Å². The number of thiophene rings is 1. The van der Waals surface area contributed by atoms with Gasteiger partial charge >= 0.3 is 12.2 Å². The molecule has 0 aliphatic carbocycles. The molecule has 0 bridgehead atoms. The number of likely N-dealkylation sites (tertiary alicyclic amines) is 1. The Morgan fingerprint density at radius 2 is 1.89 bits per heavy atom. The van der Waals surface area contributed by atoms with Gasteiger partial charge in [-0.15, -0.1) is 11.3 Å². The number of halogens is 5. The molecule has 2 atom stereocenters. The van der Waals surface area contributed by atoms with Crippen molar-refractivity contribution in [2.45, 2.75) is 6.18 Å². The molecule has 4 rings (SSSR count). The number of hydrogen-bond acceptors (Lipinski definition) is 4. The van der Waals surface area contributed by atoms with Crippen LogP contribution in [0.15, 0.2) is 59.5 Å². The molecule has 0 spiro atoms. The highest BCUT2D eigenvalue weighted by molar-refractivity contribution is 7.18. The Balaban J connectivity index is 1.43. The number of carbonyl (C=O) groups is 2. The summed E-state index contributed by atoms with van der Waals surface area (Å²) < 4.78 is 57.2. The lowest BCUT2D eigenvalue weighted by atomic mass is 9.95. The second-order valence-electron chi connectivity index (χ2n) is 8.13. The van der Waals surface area contributed by atoms with E-state index < -0.39 is 42.3 Å². The summed E-state index contributed by atoms with van der Waals surface area (Å²) in [6.45, 7) is -1.24. The van der Waals surface area contributed by atoms with Crippen LogP contribution in [0.2, 0.25) is 4.34 Å². The smallest absolute Gasteiger partial charge is 0.351 e. The monoisotopic (exact) mass is 542 g/mol. The lowest BCUT2D eigenvalue weighted by molar-refractivity contribution is -0.179. The Morgan fingerprint density at radius 3 is 2.53 bits per heavy atom. The fraction of sp³-hybridized carbons (Fsp3) is 0.261. The Morgan fingerprint density at radius 1 is 1.11 bits per heavy atom. The van der Waals surface area contributed by atoms with Gasteiger partial charge in [0.25, 0.3) is 11.5 Å². The van der Waals surface area contributed by atoms with Crippen LogP contribution in [-0.4, -0.2) is 47.2 Å². The van der Waals surface area contributed by atoms with Crippen LogP contribution < -0.4 is 16.2 Å². The highest BCUT2D eigenvalue weighted by Crippen LogP contribution is 2.37. The number of nitrogens with one attached hydrogen (secondary N) is 2. The molecule has 1 aliphatic rings. The zero-order valence-electron chi connectivity index (χ0n) is 18.4. The minimum absolute atomic E-state index is 0.220. The van der Waals surface area contributed by atoms with Gasteiger partial charge in [0.15, 0.2) is 0 Å². The van der Waals surface area contributed by atoms with Crippen LogP contribution in [0.4, 0.5) is 28.0 Å². The van der Waals surface area contributed by atoms with E-state index in [-0.39, 0.29) is 34.9 Å². The summed E-state index contributed by atoms with van der Waals surface area (Å²) in [5, 5.41) is 4.76. The summed E-state index contributed by atoms with van der Waals surface area (Å²) in [6.07, 6.45) is -3.16. The zero-order chi connectivity index (χ0) is 26.0. The average molecular weight is 543 g/mol. The maximum absolute atomic E-state index is 14.6. The number of anilines is 1. The van der Waals surface area contributed by atoms with Crippen molar-refractivity contribution in [3.63, 3.8) is 0 Å². The molecule has 190 valence electrons. The van der Waals surface area contributed by atoms with E-state index in [2.05, 4.69) is 10.6 Å². The quantitative estimate of drug-likeness (QED) is 0.456. The first kappa shape index (κ1) is 25.7. The van der Waals surface area contributed by atoms with Gasteiger partial charge in [-0.3, -0.25) is 14.2 Å². The number of benzene rings is 1. The van der Waals surface area contributed by atoms with Gasteiger partial charge in [0.05, 0.1) is 26.5 Å². The normalized spacial score (nSPS) is 17.8. The Labute approximate surface area is 211 Å². The van der Waals surface area contributed by atoms with Crippen molar-refractivity contribution in [2.24, 2.45) is 11.8 Å². The largest absolute Gasteiger partial charge is 0.393 e. The minimum atomic E-state index is -4.60. The van der Waals surface area contributed by atoms with Gasteiger partial charge in [0.2, 0.25) is 0 Å². The topological polar surface area (TPSA) is 83.4 Å². The zero-order valence-corrected chi connectivity index (χ0v) is 20.0. The number of nitrogens with zero attached hydrogens (tertiary/aromatic N) is 2. The first-order chi connectivity index (χ1) is 17.0. The van der Waals surface area contributed by atoms with E-state index in [0.29, 0.717) is 4.34 Å². The van der Waals surface area contributed by atoms with Crippen molar-refractivity contribution in [3.05, 3.63) is 80.1 Å². The van der Waals surface area contributed by atoms with Crippen molar-refractivity contribution in [1.29, 1.82) is 0 Å². The van der Waals surface area contributed by atoms with Crippen LogP contribution >= 0.6 is 22.9 Å². The summed E-state index contributed by atoms with van der Waals surface area (Å²) >= 11 is 6.79. The Kier molecular flexibility index (Phi) is 7.36. The SMILES string of the molecule is O=C(NC[C@@H]1CN(C(=O)Nc2ccc(-n3ccccc3=O)cc2F)C[C@H]1C(F)(F)F)c1ccc(Cl)s1. The van der Waals surface area contributed by atoms with E-state index in [0.717, 1.165) is 22.3 Å².